The summed E-state index contributed by atoms with van der Waals surface area (Å²) in [6.45, 7) is 4.60. The molecule has 0 unspecified atom stereocenters. The summed E-state index contributed by atoms with van der Waals surface area (Å²) >= 11 is 12.1. The lowest BCUT2D eigenvalue weighted by molar-refractivity contribution is -0.127. The fourth-order valence-corrected chi connectivity index (χ4v) is 4.00. The highest BCUT2D eigenvalue weighted by Gasteiger charge is 2.26. The van der Waals surface area contributed by atoms with Gasteiger partial charge in [-0.1, -0.05) is 47.5 Å². The van der Waals surface area contributed by atoms with Crippen molar-refractivity contribution in [2.75, 3.05) is 20.2 Å². The molecule has 1 fully saturated rings. The van der Waals surface area contributed by atoms with Crippen LogP contribution in [-0.2, 0) is 11.3 Å². The molecule has 28 heavy (non-hydrogen) atoms. The van der Waals surface area contributed by atoms with Gasteiger partial charge in [-0.3, -0.25) is 9.69 Å². The van der Waals surface area contributed by atoms with Crippen LogP contribution < -0.4 is 10.1 Å². The summed E-state index contributed by atoms with van der Waals surface area (Å²) < 4.78 is 5.40. The lowest BCUT2D eigenvalue weighted by atomic mass is 9.94. The Morgan fingerprint density at radius 3 is 2.57 bits per heavy atom. The molecule has 0 spiro atoms. The summed E-state index contributed by atoms with van der Waals surface area (Å²) in [5.74, 6) is 0.960. The fraction of sp³-hybridized carbons (Fsp3) is 0.409. The topological polar surface area (TPSA) is 41.6 Å². The molecular weight excluding hydrogens is 395 g/mol. The zero-order chi connectivity index (χ0) is 20.1. The lowest BCUT2D eigenvalue weighted by Crippen LogP contribution is -2.40. The lowest BCUT2D eigenvalue weighted by Gasteiger charge is -2.32. The minimum atomic E-state index is -0.0853. The molecule has 1 saturated heterocycles. The molecule has 2 aromatic carbocycles. The quantitative estimate of drug-likeness (QED) is 0.707. The van der Waals surface area contributed by atoms with Gasteiger partial charge in [0, 0.05) is 18.0 Å². The number of carbonyl (C=O) groups is 1. The van der Waals surface area contributed by atoms with Gasteiger partial charge in [0.25, 0.3) is 0 Å². The molecule has 1 heterocycles. The number of methoxy groups -OCH3 is 1. The second kappa shape index (κ2) is 9.64. The van der Waals surface area contributed by atoms with E-state index in [1.807, 2.05) is 49.4 Å². The average Bonchev–Trinajstić information content (AvgIpc) is 2.71. The number of hydrogen-bond donors (Lipinski definition) is 1. The van der Waals surface area contributed by atoms with Gasteiger partial charge in [0.2, 0.25) is 5.91 Å². The van der Waals surface area contributed by atoms with E-state index >= 15 is 0 Å². The molecule has 0 radical (unpaired) electrons. The van der Waals surface area contributed by atoms with E-state index in [4.69, 9.17) is 27.9 Å². The number of piperidine rings is 1. The van der Waals surface area contributed by atoms with E-state index in [0.29, 0.717) is 10.0 Å². The van der Waals surface area contributed by atoms with Crippen molar-refractivity contribution in [3.8, 4) is 5.75 Å². The Bertz CT molecular complexity index is 820. The van der Waals surface area contributed by atoms with E-state index in [1.165, 1.54) is 0 Å². The fourth-order valence-electron chi connectivity index (χ4n) is 3.68. The zero-order valence-corrected chi connectivity index (χ0v) is 17.8. The van der Waals surface area contributed by atoms with Gasteiger partial charge in [0.1, 0.15) is 5.75 Å². The van der Waals surface area contributed by atoms with Crippen LogP contribution in [-0.4, -0.2) is 31.0 Å². The molecule has 1 aliphatic rings. The molecule has 0 saturated carbocycles. The average molecular weight is 421 g/mol. The van der Waals surface area contributed by atoms with Gasteiger partial charge in [-0.25, -0.2) is 0 Å². The van der Waals surface area contributed by atoms with Gasteiger partial charge < -0.3 is 10.1 Å². The van der Waals surface area contributed by atoms with Crippen molar-refractivity contribution in [3.05, 3.63) is 63.6 Å². The highest BCUT2D eigenvalue weighted by atomic mass is 35.5. The highest BCUT2D eigenvalue weighted by Crippen LogP contribution is 2.27. The first-order chi connectivity index (χ1) is 13.5. The molecule has 0 aliphatic carbocycles. The smallest absolute Gasteiger partial charge is 0.223 e. The summed E-state index contributed by atoms with van der Waals surface area (Å²) in [7, 11) is 1.65. The van der Waals surface area contributed by atoms with Gasteiger partial charge in [-0.2, -0.15) is 0 Å². The Kier molecular flexibility index (Phi) is 7.22. The van der Waals surface area contributed by atoms with E-state index in [1.54, 1.807) is 7.11 Å². The van der Waals surface area contributed by atoms with Crippen LogP contribution in [0.2, 0.25) is 10.0 Å². The summed E-state index contributed by atoms with van der Waals surface area (Å²) in [4.78, 5) is 15.1. The molecule has 1 aliphatic heterocycles. The van der Waals surface area contributed by atoms with E-state index in [9.17, 15) is 4.79 Å². The van der Waals surface area contributed by atoms with Crippen LogP contribution in [0.5, 0.6) is 5.75 Å². The van der Waals surface area contributed by atoms with E-state index < -0.39 is 0 Å². The first-order valence-electron chi connectivity index (χ1n) is 9.57. The van der Waals surface area contributed by atoms with Crippen LogP contribution in [0.3, 0.4) is 0 Å². The van der Waals surface area contributed by atoms with Gasteiger partial charge >= 0.3 is 0 Å². The number of halogens is 2. The van der Waals surface area contributed by atoms with Crippen molar-refractivity contribution in [1.82, 2.24) is 10.2 Å². The SMILES string of the molecule is COc1ccccc1[C@@H](C)NC(=O)C1CCN(Cc2ccc(Cl)c(Cl)c2)CC1. The van der Waals surface area contributed by atoms with Gasteiger partial charge in [-0.05, 0) is 56.6 Å². The van der Waals surface area contributed by atoms with Gasteiger partial charge in [0.05, 0.1) is 23.2 Å². The standard InChI is InChI=1S/C22H26Cl2N2O2/c1-15(18-5-3-4-6-21(18)28-2)25-22(27)17-9-11-26(12-10-17)14-16-7-8-19(23)20(24)13-16/h3-8,13,15,17H,9-12,14H2,1-2H3,(H,25,27)/t15-/m1/s1. The molecule has 0 bridgehead atoms. The number of carbonyl (C=O) groups excluding carboxylic acids is 1. The molecule has 2 aromatic rings. The summed E-state index contributed by atoms with van der Waals surface area (Å²) in [5, 5.41) is 4.31. The second-order valence-corrected chi connectivity index (χ2v) is 8.09. The van der Waals surface area contributed by atoms with Crippen molar-refractivity contribution in [3.63, 3.8) is 0 Å². The first-order valence-corrected chi connectivity index (χ1v) is 10.3. The van der Waals surface area contributed by atoms with Crippen LogP contribution in [0.4, 0.5) is 0 Å². The Morgan fingerprint density at radius 2 is 1.89 bits per heavy atom. The predicted octanol–water partition coefficient (Wildman–Crippen LogP) is 5.09. The molecular formula is C22H26Cl2N2O2. The van der Waals surface area contributed by atoms with Crippen LogP contribution in [0.1, 0.15) is 36.9 Å². The van der Waals surface area contributed by atoms with E-state index in [0.717, 1.165) is 49.4 Å². The monoisotopic (exact) mass is 420 g/mol. The van der Waals surface area contributed by atoms with Crippen molar-refractivity contribution in [2.24, 2.45) is 5.92 Å². The number of nitrogens with zero attached hydrogens (tertiary/aromatic N) is 1. The minimum Gasteiger partial charge on any atom is -0.496 e. The second-order valence-electron chi connectivity index (χ2n) is 7.27. The number of ether oxygens (including phenoxy) is 1. The molecule has 3 rings (SSSR count). The van der Waals surface area contributed by atoms with Crippen LogP contribution in [0.15, 0.2) is 42.5 Å². The summed E-state index contributed by atoms with van der Waals surface area (Å²) in [5.41, 5.74) is 2.14. The summed E-state index contributed by atoms with van der Waals surface area (Å²) in [6, 6.07) is 13.5. The predicted molar refractivity (Wildman–Crippen MR) is 114 cm³/mol. The third kappa shape index (κ3) is 5.19. The first kappa shape index (κ1) is 21.0. The Balaban J connectivity index is 1.51. The van der Waals surface area contributed by atoms with Gasteiger partial charge in [0.15, 0.2) is 0 Å². The maximum Gasteiger partial charge on any atom is 0.223 e. The van der Waals surface area contributed by atoms with Crippen LogP contribution in [0, 0.1) is 5.92 Å². The Labute approximate surface area is 176 Å². The van der Waals surface area contributed by atoms with Gasteiger partial charge in [-0.15, -0.1) is 0 Å². The number of para-hydroxylation sites is 1. The van der Waals surface area contributed by atoms with Crippen LogP contribution >= 0.6 is 23.2 Å². The van der Waals surface area contributed by atoms with Crippen LogP contribution in [0.25, 0.3) is 0 Å². The number of nitrogens with one attached hydrogen (secondary N) is 1. The minimum absolute atomic E-state index is 0.0437. The number of amides is 1. The van der Waals surface area contributed by atoms with Crippen molar-refractivity contribution in [1.29, 1.82) is 0 Å². The third-order valence-electron chi connectivity index (χ3n) is 5.31. The summed E-state index contributed by atoms with van der Waals surface area (Å²) in [6.07, 6.45) is 1.71. The number of benzene rings is 2. The largest absolute Gasteiger partial charge is 0.496 e. The van der Waals surface area contributed by atoms with Crippen molar-refractivity contribution >= 4 is 29.1 Å². The van der Waals surface area contributed by atoms with E-state index in [-0.39, 0.29) is 17.9 Å². The highest BCUT2D eigenvalue weighted by molar-refractivity contribution is 6.42. The molecule has 1 atom stereocenters. The van der Waals surface area contributed by atoms with Crippen molar-refractivity contribution < 1.29 is 9.53 Å². The van der Waals surface area contributed by atoms with Crippen molar-refractivity contribution in [2.45, 2.75) is 32.4 Å². The molecule has 1 amide bonds. The number of hydrogen-bond acceptors (Lipinski definition) is 3. The zero-order valence-electron chi connectivity index (χ0n) is 16.3. The molecule has 6 heteroatoms. The Morgan fingerprint density at radius 1 is 1.18 bits per heavy atom. The maximum atomic E-state index is 12.7. The Hall–Kier alpha value is -1.75. The molecule has 1 N–H and O–H groups in total. The maximum absolute atomic E-state index is 12.7. The normalized spacial score (nSPS) is 16.6. The third-order valence-corrected chi connectivity index (χ3v) is 6.05. The number of likely N-dealkylation sites (tertiary alicyclic amines) is 1. The molecule has 150 valence electrons. The molecule has 0 aromatic heterocycles. The number of rotatable bonds is 6. The molecule has 4 nitrogen and oxygen atoms in total. The van der Waals surface area contributed by atoms with E-state index in [2.05, 4.69) is 10.2 Å².